The molecule has 0 aliphatic heterocycles. The third kappa shape index (κ3) is 6.57. The molecule has 3 atom stereocenters. The van der Waals surface area contributed by atoms with Crippen molar-refractivity contribution in [1.82, 2.24) is 0 Å². The molecular weight excluding hydrogens is 244 g/mol. The summed E-state index contributed by atoms with van der Waals surface area (Å²) in [5.41, 5.74) is 10.3. The van der Waals surface area contributed by atoms with Crippen LogP contribution < -0.4 is 16.6 Å². The number of carbonyl (C=O) groups is 2. The van der Waals surface area contributed by atoms with Crippen molar-refractivity contribution >= 4 is 32.9 Å². The molecule has 6 N–H and O–H groups in total. The SMILES string of the molecule is N[C@@H](C[S+](O)SC[C@H](N)C(=O)O)C(=O)[O-]. The Bertz CT molecular complexity index is 240. The Morgan fingerprint density at radius 3 is 2.33 bits per heavy atom. The molecule has 0 radical (unpaired) electrons. The summed E-state index contributed by atoms with van der Waals surface area (Å²) in [5.74, 6) is -2.82. The first-order valence-electron chi connectivity index (χ1n) is 3.82. The Morgan fingerprint density at radius 2 is 1.93 bits per heavy atom. The maximum absolute atomic E-state index is 10.3. The van der Waals surface area contributed by atoms with E-state index in [9.17, 15) is 19.2 Å². The summed E-state index contributed by atoms with van der Waals surface area (Å²) >= 11 is 0. The molecule has 0 saturated carbocycles. The van der Waals surface area contributed by atoms with E-state index < -0.39 is 34.2 Å². The van der Waals surface area contributed by atoms with Crippen LogP contribution in [0.15, 0.2) is 0 Å². The topological polar surface area (TPSA) is 150 Å². The van der Waals surface area contributed by atoms with Crippen LogP contribution in [0, 0.1) is 0 Å². The van der Waals surface area contributed by atoms with Crippen LogP contribution in [0.1, 0.15) is 0 Å². The van der Waals surface area contributed by atoms with Gasteiger partial charge < -0.3 is 26.5 Å². The maximum Gasteiger partial charge on any atom is 0.321 e. The molecule has 0 fully saturated rings. The van der Waals surface area contributed by atoms with Gasteiger partial charge in [-0.25, -0.2) is 0 Å². The molecule has 0 spiro atoms. The minimum atomic E-state index is -1.45. The quantitative estimate of drug-likeness (QED) is 0.282. The van der Waals surface area contributed by atoms with Gasteiger partial charge in [0.1, 0.15) is 16.8 Å². The molecule has 0 aromatic rings. The van der Waals surface area contributed by atoms with Crippen molar-refractivity contribution in [3.63, 3.8) is 0 Å². The smallest absolute Gasteiger partial charge is 0.321 e. The van der Waals surface area contributed by atoms with E-state index in [1.807, 2.05) is 0 Å². The lowest BCUT2D eigenvalue weighted by molar-refractivity contribution is -0.306. The van der Waals surface area contributed by atoms with Crippen molar-refractivity contribution in [1.29, 1.82) is 0 Å². The highest BCUT2D eigenvalue weighted by Crippen LogP contribution is 2.14. The van der Waals surface area contributed by atoms with E-state index >= 15 is 0 Å². The first kappa shape index (κ1) is 14.5. The molecule has 88 valence electrons. The van der Waals surface area contributed by atoms with Crippen LogP contribution in [0.25, 0.3) is 0 Å². The second kappa shape index (κ2) is 6.90. The third-order valence-electron chi connectivity index (χ3n) is 1.33. The van der Waals surface area contributed by atoms with Crippen LogP contribution >= 0.6 is 10.8 Å². The van der Waals surface area contributed by atoms with Crippen molar-refractivity contribution in [2.75, 3.05) is 11.5 Å². The highest BCUT2D eigenvalue weighted by Gasteiger charge is 2.25. The summed E-state index contributed by atoms with van der Waals surface area (Å²) in [5, 5.41) is 18.6. The predicted molar refractivity (Wildman–Crippen MR) is 55.9 cm³/mol. The molecule has 0 aromatic carbocycles. The fraction of sp³-hybridized carbons (Fsp3) is 0.667. The second-order valence-electron chi connectivity index (χ2n) is 2.64. The zero-order valence-electron chi connectivity index (χ0n) is 7.66. The van der Waals surface area contributed by atoms with Gasteiger partial charge in [0.15, 0.2) is 5.75 Å². The molecule has 0 aliphatic carbocycles. The molecule has 0 amide bonds. The summed E-state index contributed by atoms with van der Waals surface area (Å²) in [6.45, 7) is 0. The van der Waals surface area contributed by atoms with Crippen LogP contribution in [0.4, 0.5) is 0 Å². The molecule has 0 heterocycles. The first-order chi connectivity index (χ1) is 6.84. The van der Waals surface area contributed by atoms with Gasteiger partial charge in [-0.15, -0.1) is 0 Å². The lowest BCUT2D eigenvalue weighted by atomic mass is 10.4. The normalized spacial score (nSPS) is 16.7. The van der Waals surface area contributed by atoms with Crippen LogP contribution in [-0.2, 0) is 19.8 Å². The highest BCUT2D eigenvalue weighted by atomic mass is 33.1. The zero-order chi connectivity index (χ0) is 12.0. The second-order valence-corrected chi connectivity index (χ2v) is 6.05. The summed E-state index contributed by atoms with van der Waals surface area (Å²) in [6, 6.07) is -2.34. The van der Waals surface area contributed by atoms with E-state index in [0.717, 1.165) is 10.8 Å². The monoisotopic (exact) mass is 256 g/mol. The Labute approximate surface area is 92.8 Å². The van der Waals surface area contributed by atoms with Gasteiger partial charge >= 0.3 is 5.97 Å². The molecule has 1 unspecified atom stereocenters. The Kier molecular flexibility index (Phi) is 6.68. The van der Waals surface area contributed by atoms with Gasteiger partial charge in [0.05, 0.1) is 17.8 Å². The summed E-state index contributed by atoms with van der Waals surface area (Å²) in [4.78, 5) is 20.5. The zero-order valence-corrected chi connectivity index (χ0v) is 9.29. The fourth-order valence-electron chi connectivity index (χ4n) is 0.493. The van der Waals surface area contributed by atoms with Crippen LogP contribution in [0.5, 0.6) is 0 Å². The number of carboxylic acid groups (broad SMARTS) is 2. The average Bonchev–Trinajstić information content (AvgIpc) is 2.13. The van der Waals surface area contributed by atoms with Crippen LogP contribution in [0.3, 0.4) is 0 Å². The van der Waals surface area contributed by atoms with Crippen molar-refractivity contribution < 1.29 is 24.4 Å². The number of nitrogens with two attached hydrogens (primary N) is 2. The molecule has 9 heteroatoms. The number of hydrogen-bond acceptors (Lipinski definition) is 7. The fourth-order valence-corrected chi connectivity index (χ4v) is 3.12. The molecular formula is C6H12N2O5S2. The van der Waals surface area contributed by atoms with E-state index in [0.29, 0.717) is 0 Å². The van der Waals surface area contributed by atoms with Gasteiger partial charge in [0.25, 0.3) is 0 Å². The lowest BCUT2D eigenvalue weighted by Crippen LogP contribution is -2.45. The van der Waals surface area contributed by atoms with Gasteiger partial charge in [-0.1, -0.05) is 0 Å². The molecule has 15 heavy (non-hydrogen) atoms. The standard InChI is InChI=1S/C6H12N2O5S2/c7-3(5(9)10)1-14-15(13)2-4(8)6(11)12/h3-4,13H,1-2,7-8H2,(H-,9,10,11,12)/t3-,4-,15?/m0/s1. The van der Waals surface area contributed by atoms with Gasteiger partial charge in [-0.3, -0.25) is 4.79 Å². The van der Waals surface area contributed by atoms with E-state index in [4.69, 9.17) is 16.6 Å². The number of aliphatic carboxylic acids is 2. The van der Waals surface area contributed by atoms with E-state index in [1.54, 1.807) is 0 Å². The summed E-state index contributed by atoms with van der Waals surface area (Å²) < 4.78 is 9.27. The summed E-state index contributed by atoms with van der Waals surface area (Å²) in [7, 11) is -0.465. The first-order valence-corrected chi connectivity index (χ1v) is 6.68. The van der Waals surface area contributed by atoms with Gasteiger partial charge in [-0.2, -0.15) is 4.55 Å². The van der Waals surface area contributed by atoms with Crippen molar-refractivity contribution in [2.24, 2.45) is 11.5 Å². The largest absolute Gasteiger partial charge is 0.548 e. The predicted octanol–water partition coefficient (Wildman–Crippen LogP) is -2.78. The van der Waals surface area contributed by atoms with E-state index in [-0.39, 0.29) is 11.5 Å². The Balaban J connectivity index is 3.79. The lowest BCUT2D eigenvalue weighted by Gasteiger charge is -2.09. The molecule has 0 bridgehead atoms. The minimum absolute atomic E-state index is 0.00525. The van der Waals surface area contributed by atoms with Crippen molar-refractivity contribution in [3.8, 4) is 0 Å². The van der Waals surface area contributed by atoms with Gasteiger partial charge in [0, 0.05) is 0 Å². The van der Waals surface area contributed by atoms with Crippen LogP contribution in [0.2, 0.25) is 0 Å². The van der Waals surface area contributed by atoms with Gasteiger partial charge in [-0.05, 0) is 0 Å². The van der Waals surface area contributed by atoms with Gasteiger partial charge in [0.2, 0.25) is 10.2 Å². The number of rotatable bonds is 7. The molecule has 0 rings (SSSR count). The minimum Gasteiger partial charge on any atom is -0.548 e. The molecule has 0 aromatic heterocycles. The molecule has 7 nitrogen and oxygen atoms in total. The average molecular weight is 256 g/mol. The van der Waals surface area contributed by atoms with E-state index in [2.05, 4.69) is 0 Å². The van der Waals surface area contributed by atoms with Crippen molar-refractivity contribution in [3.05, 3.63) is 0 Å². The third-order valence-corrected chi connectivity index (χ3v) is 4.37. The Morgan fingerprint density at radius 1 is 1.40 bits per heavy atom. The molecule has 0 saturated heterocycles. The van der Waals surface area contributed by atoms with Crippen LogP contribution in [-0.4, -0.2) is 45.2 Å². The maximum atomic E-state index is 10.3. The number of hydrogen-bond donors (Lipinski definition) is 4. The summed E-state index contributed by atoms with van der Waals surface area (Å²) in [6.07, 6.45) is 0. The van der Waals surface area contributed by atoms with Crippen molar-refractivity contribution in [2.45, 2.75) is 12.1 Å². The Hall–Kier alpha value is -0.480. The number of carbonyl (C=O) groups excluding carboxylic acids is 1. The van der Waals surface area contributed by atoms with E-state index in [1.165, 1.54) is 0 Å². The number of carboxylic acids is 2. The molecule has 0 aliphatic rings. The highest BCUT2D eigenvalue weighted by molar-refractivity contribution is 8.72.